The summed E-state index contributed by atoms with van der Waals surface area (Å²) >= 11 is 10.5. The van der Waals surface area contributed by atoms with Gasteiger partial charge in [-0.3, -0.25) is 0 Å². The monoisotopic (exact) mass is 334 g/mol. The van der Waals surface area contributed by atoms with Crippen LogP contribution in [0, 0.1) is 5.82 Å². The number of aliphatic hydroxyl groups excluding tert-OH is 1. The molecule has 1 aromatic heterocycles. The standard InChI is InChI=1S/C12H9BrClFOS/c13-10-2-1-9(15)3-7(10)4-11(16)12-5-8(14)6-17-12/h1-3,5-6,11,16H,4H2. The number of hydrogen-bond donors (Lipinski definition) is 1. The van der Waals surface area contributed by atoms with Crippen molar-refractivity contribution >= 4 is 38.9 Å². The second-order valence-corrected chi connectivity index (χ2v) is 5.86. The van der Waals surface area contributed by atoms with E-state index in [-0.39, 0.29) is 5.82 Å². The van der Waals surface area contributed by atoms with Crippen LogP contribution in [0.25, 0.3) is 0 Å². The molecule has 5 heteroatoms. The lowest BCUT2D eigenvalue weighted by molar-refractivity contribution is 0.182. The maximum absolute atomic E-state index is 13.1. The van der Waals surface area contributed by atoms with E-state index in [1.807, 2.05) is 0 Å². The second kappa shape index (κ2) is 5.48. The van der Waals surface area contributed by atoms with Crippen molar-refractivity contribution in [3.63, 3.8) is 0 Å². The Balaban J connectivity index is 2.18. The van der Waals surface area contributed by atoms with Crippen molar-refractivity contribution < 1.29 is 9.50 Å². The number of rotatable bonds is 3. The van der Waals surface area contributed by atoms with E-state index < -0.39 is 6.10 Å². The quantitative estimate of drug-likeness (QED) is 0.870. The summed E-state index contributed by atoms with van der Waals surface area (Å²) in [5, 5.41) is 12.4. The Morgan fingerprint density at radius 2 is 2.18 bits per heavy atom. The molecule has 0 aliphatic heterocycles. The maximum Gasteiger partial charge on any atom is 0.123 e. The van der Waals surface area contributed by atoms with Gasteiger partial charge < -0.3 is 5.11 Å². The second-order valence-electron chi connectivity index (χ2n) is 3.62. The van der Waals surface area contributed by atoms with E-state index in [1.54, 1.807) is 17.5 Å². The lowest BCUT2D eigenvalue weighted by Gasteiger charge is -2.10. The Hall–Kier alpha value is -0.420. The Morgan fingerprint density at radius 1 is 1.41 bits per heavy atom. The third kappa shape index (κ3) is 3.28. The molecule has 0 saturated carbocycles. The summed E-state index contributed by atoms with van der Waals surface area (Å²) in [6.45, 7) is 0. The van der Waals surface area contributed by atoms with Crippen LogP contribution in [0.1, 0.15) is 16.5 Å². The first-order valence-corrected chi connectivity index (χ1v) is 6.97. The van der Waals surface area contributed by atoms with Crippen LogP contribution in [0.4, 0.5) is 4.39 Å². The fraction of sp³-hybridized carbons (Fsp3) is 0.167. The summed E-state index contributed by atoms with van der Waals surface area (Å²) in [5.74, 6) is -0.306. The normalized spacial score (nSPS) is 12.7. The molecule has 0 aliphatic rings. The van der Waals surface area contributed by atoms with Gasteiger partial charge in [0, 0.05) is 21.2 Å². The summed E-state index contributed by atoms with van der Waals surface area (Å²) in [5.41, 5.74) is 0.738. The molecule has 0 aliphatic carbocycles. The summed E-state index contributed by atoms with van der Waals surface area (Å²) in [6, 6.07) is 6.16. The third-order valence-corrected chi connectivity index (χ3v) is 4.49. The maximum atomic E-state index is 13.1. The van der Waals surface area contributed by atoms with Crippen molar-refractivity contribution in [1.82, 2.24) is 0 Å². The Morgan fingerprint density at radius 3 is 2.82 bits per heavy atom. The highest BCUT2D eigenvalue weighted by atomic mass is 79.9. The van der Waals surface area contributed by atoms with Gasteiger partial charge in [0.1, 0.15) is 5.82 Å². The van der Waals surface area contributed by atoms with Crippen LogP contribution in [0.2, 0.25) is 5.02 Å². The third-order valence-electron chi connectivity index (χ3n) is 2.34. The summed E-state index contributed by atoms with van der Waals surface area (Å²) in [4.78, 5) is 0.783. The molecule has 0 radical (unpaired) electrons. The molecule has 1 nitrogen and oxygen atoms in total. The highest BCUT2D eigenvalue weighted by molar-refractivity contribution is 9.10. The number of thiophene rings is 1. The zero-order valence-electron chi connectivity index (χ0n) is 8.66. The molecule has 17 heavy (non-hydrogen) atoms. The van der Waals surface area contributed by atoms with Crippen LogP contribution < -0.4 is 0 Å². The SMILES string of the molecule is OC(Cc1cc(F)ccc1Br)c1cc(Cl)cs1. The predicted octanol–water partition coefficient (Wildman–Crippen LogP) is 4.58. The fourth-order valence-corrected chi connectivity index (χ4v) is 2.99. The zero-order chi connectivity index (χ0) is 12.4. The van der Waals surface area contributed by atoms with Crippen LogP contribution in [0.15, 0.2) is 34.1 Å². The van der Waals surface area contributed by atoms with Crippen molar-refractivity contribution in [2.45, 2.75) is 12.5 Å². The van der Waals surface area contributed by atoms with Gasteiger partial charge in [-0.05, 0) is 29.8 Å². The van der Waals surface area contributed by atoms with Gasteiger partial charge in [0.15, 0.2) is 0 Å². The Labute approximate surface area is 116 Å². The zero-order valence-corrected chi connectivity index (χ0v) is 11.8. The average Bonchev–Trinajstić information content (AvgIpc) is 2.70. The van der Waals surface area contributed by atoms with Gasteiger partial charge in [-0.15, -0.1) is 11.3 Å². The van der Waals surface area contributed by atoms with Crippen molar-refractivity contribution in [3.05, 3.63) is 55.4 Å². The summed E-state index contributed by atoms with van der Waals surface area (Å²) in [6.07, 6.45) is -0.305. The topological polar surface area (TPSA) is 20.2 Å². The fourth-order valence-electron chi connectivity index (χ4n) is 1.51. The van der Waals surface area contributed by atoms with E-state index in [1.165, 1.54) is 23.5 Å². The Bertz CT molecular complexity index is 529. The molecule has 0 amide bonds. The van der Waals surface area contributed by atoms with Gasteiger partial charge in [-0.2, -0.15) is 0 Å². The number of halogens is 3. The number of benzene rings is 1. The van der Waals surface area contributed by atoms with E-state index in [9.17, 15) is 9.50 Å². The van der Waals surface area contributed by atoms with Crippen LogP contribution in [-0.2, 0) is 6.42 Å². The van der Waals surface area contributed by atoms with Crippen LogP contribution in [-0.4, -0.2) is 5.11 Å². The minimum Gasteiger partial charge on any atom is -0.387 e. The molecule has 0 fully saturated rings. The van der Waals surface area contributed by atoms with Crippen molar-refractivity contribution in [2.75, 3.05) is 0 Å². The molecule has 1 atom stereocenters. The summed E-state index contributed by atoms with van der Waals surface area (Å²) in [7, 11) is 0. The average molecular weight is 336 g/mol. The van der Waals surface area contributed by atoms with E-state index >= 15 is 0 Å². The van der Waals surface area contributed by atoms with Gasteiger partial charge in [0.05, 0.1) is 11.1 Å². The van der Waals surface area contributed by atoms with Crippen molar-refractivity contribution in [1.29, 1.82) is 0 Å². The molecule has 1 N–H and O–H groups in total. The molecule has 1 heterocycles. The molecule has 2 aromatic rings. The van der Waals surface area contributed by atoms with E-state index in [4.69, 9.17) is 11.6 Å². The molecule has 1 unspecified atom stereocenters. The molecular weight excluding hydrogens is 327 g/mol. The summed E-state index contributed by atoms with van der Waals surface area (Å²) < 4.78 is 13.9. The van der Waals surface area contributed by atoms with E-state index in [0.717, 1.165) is 14.9 Å². The first kappa shape index (κ1) is 13.0. The molecule has 0 spiro atoms. The van der Waals surface area contributed by atoms with Crippen molar-refractivity contribution in [3.8, 4) is 0 Å². The first-order valence-electron chi connectivity index (χ1n) is 4.92. The highest BCUT2D eigenvalue weighted by Gasteiger charge is 2.13. The van der Waals surface area contributed by atoms with Crippen molar-refractivity contribution in [2.24, 2.45) is 0 Å². The number of hydrogen-bond acceptors (Lipinski definition) is 2. The minimum atomic E-state index is -0.661. The Kier molecular flexibility index (Phi) is 4.20. The number of aliphatic hydroxyl groups is 1. The highest BCUT2D eigenvalue weighted by Crippen LogP contribution is 2.29. The minimum absolute atomic E-state index is 0.306. The van der Waals surface area contributed by atoms with Gasteiger partial charge in [0.25, 0.3) is 0 Å². The molecule has 0 bridgehead atoms. The van der Waals surface area contributed by atoms with Crippen LogP contribution in [0.3, 0.4) is 0 Å². The van der Waals surface area contributed by atoms with Gasteiger partial charge in [-0.25, -0.2) is 4.39 Å². The smallest absolute Gasteiger partial charge is 0.123 e. The molecule has 2 rings (SSSR count). The van der Waals surface area contributed by atoms with Crippen LogP contribution in [0.5, 0.6) is 0 Å². The molecular formula is C12H9BrClFOS. The first-order chi connectivity index (χ1) is 8.06. The predicted molar refractivity (Wildman–Crippen MR) is 72.1 cm³/mol. The van der Waals surface area contributed by atoms with Gasteiger partial charge in [0.2, 0.25) is 0 Å². The van der Waals surface area contributed by atoms with E-state index in [0.29, 0.717) is 11.4 Å². The molecule has 1 aromatic carbocycles. The largest absolute Gasteiger partial charge is 0.387 e. The molecule has 90 valence electrons. The van der Waals surface area contributed by atoms with Crippen LogP contribution >= 0.6 is 38.9 Å². The lowest BCUT2D eigenvalue weighted by Crippen LogP contribution is -2.00. The van der Waals surface area contributed by atoms with Gasteiger partial charge in [-0.1, -0.05) is 27.5 Å². The molecule has 0 saturated heterocycles. The van der Waals surface area contributed by atoms with Gasteiger partial charge >= 0.3 is 0 Å². The van der Waals surface area contributed by atoms with E-state index in [2.05, 4.69) is 15.9 Å². The lowest BCUT2D eigenvalue weighted by atomic mass is 10.1.